The molecule has 8 heteroatoms. The number of aryl methyl sites for hydroxylation is 1. The molecule has 2 aromatic heterocycles. The van der Waals surface area contributed by atoms with Crippen molar-refractivity contribution in [3.8, 4) is 5.75 Å². The zero-order chi connectivity index (χ0) is 21.3. The first kappa shape index (κ1) is 20.9. The molecule has 0 spiro atoms. The second kappa shape index (κ2) is 8.81. The molecule has 0 aliphatic heterocycles. The van der Waals surface area contributed by atoms with E-state index < -0.39 is 5.25 Å². The SMILES string of the molecule is CCOc1ccc(NC(=O)C(C)Sc2nc3sc4c(c3c(=O)[nH]2)CCC(C)C4)cc1. The smallest absolute Gasteiger partial charge is 0.260 e. The number of carbonyl (C=O) groups excluding carboxylic acids is 1. The van der Waals surface area contributed by atoms with Crippen LogP contribution in [-0.4, -0.2) is 27.7 Å². The van der Waals surface area contributed by atoms with E-state index in [1.54, 1.807) is 18.3 Å². The molecule has 0 saturated carbocycles. The topological polar surface area (TPSA) is 84.1 Å². The Kier molecular flexibility index (Phi) is 6.15. The van der Waals surface area contributed by atoms with Crippen LogP contribution in [0.2, 0.25) is 0 Å². The van der Waals surface area contributed by atoms with Crippen molar-refractivity contribution in [1.29, 1.82) is 0 Å². The van der Waals surface area contributed by atoms with Crippen LogP contribution in [0.25, 0.3) is 10.2 Å². The number of nitrogens with zero attached hydrogens (tertiary/aromatic N) is 1. The Bertz CT molecular complexity index is 1120. The summed E-state index contributed by atoms with van der Waals surface area (Å²) in [6, 6.07) is 7.26. The highest BCUT2D eigenvalue weighted by molar-refractivity contribution is 8.00. The van der Waals surface area contributed by atoms with Gasteiger partial charge in [-0.25, -0.2) is 4.98 Å². The lowest BCUT2D eigenvalue weighted by atomic mass is 9.89. The number of hydrogen-bond acceptors (Lipinski definition) is 6. The third-order valence-corrected chi connectivity index (χ3v) is 7.37. The first-order valence-electron chi connectivity index (χ1n) is 10.2. The summed E-state index contributed by atoms with van der Waals surface area (Å²) in [6.07, 6.45) is 3.06. The van der Waals surface area contributed by atoms with Crippen molar-refractivity contribution in [2.45, 2.75) is 50.4 Å². The van der Waals surface area contributed by atoms with E-state index >= 15 is 0 Å². The molecule has 158 valence electrons. The van der Waals surface area contributed by atoms with Gasteiger partial charge in [0.25, 0.3) is 5.56 Å². The summed E-state index contributed by atoms with van der Waals surface area (Å²) in [5, 5.41) is 3.70. The van der Waals surface area contributed by atoms with Gasteiger partial charge in [0, 0.05) is 10.6 Å². The minimum Gasteiger partial charge on any atom is -0.494 e. The highest BCUT2D eigenvalue weighted by Gasteiger charge is 2.24. The maximum absolute atomic E-state index is 12.7. The van der Waals surface area contributed by atoms with Crippen LogP contribution < -0.4 is 15.6 Å². The van der Waals surface area contributed by atoms with Crippen molar-refractivity contribution in [1.82, 2.24) is 9.97 Å². The number of ether oxygens (including phenoxy) is 1. The molecule has 2 N–H and O–H groups in total. The number of anilines is 1. The highest BCUT2D eigenvalue weighted by Crippen LogP contribution is 2.36. The van der Waals surface area contributed by atoms with Crippen molar-refractivity contribution >= 4 is 44.9 Å². The molecule has 0 saturated heterocycles. The van der Waals surface area contributed by atoms with Gasteiger partial charge in [-0.15, -0.1) is 11.3 Å². The molecule has 0 bridgehead atoms. The van der Waals surface area contributed by atoms with E-state index in [-0.39, 0.29) is 11.5 Å². The number of thiophene rings is 1. The van der Waals surface area contributed by atoms with Gasteiger partial charge in [-0.2, -0.15) is 0 Å². The van der Waals surface area contributed by atoms with Gasteiger partial charge in [0.2, 0.25) is 5.91 Å². The normalized spacial score (nSPS) is 16.8. The van der Waals surface area contributed by atoms with Crippen molar-refractivity contribution < 1.29 is 9.53 Å². The van der Waals surface area contributed by atoms with E-state index in [1.807, 2.05) is 31.2 Å². The van der Waals surface area contributed by atoms with E-state index in [0.29, 0.717) is 23.4 Å². The quantitative estimate of drug-likeness (QED) is 0.429. The number of aromatic amines is 1. The van der Waals surface area contributed by atoms with Crippen molar-refractivity contribution in [2.75, 3.05) is 11.9 Å². The van der Waals surface area contributed by atoms with Crippen molar-refractivity contribution in [2.24, 2.45) is 5.92 Å². The van der Waals surface area contributed by atoms with E-state index in [1.165, 1.54) is 22.2 Å². The zero-order valence-electron chi connectivity index (χ0n) is 17.3. The fourth-order valence-electron chi connectivity index (χ4n) is 3.65. The van der Waals surface area contributed by atoms with Crippen LogP contribution in [0.1, 0.15) is 37.6 Å². The van der Waals surface area contributed by atoms with Gasteiger partial charge in [-0.3, -0.25) is 9.59 Å². The summed E-state index contributed by atoms with van der Waals surface area (Å²) in [5.41, 5.74) is 1.77. The summed E-state index contributed by atoms with van der Waals surface area (Å²) in [4.78, 5) is 34.9. The Hall–Kier alpha value is -2.32. The minimum absolute atomic E-state index is 0.103. The molecule has 0 fully saturated rings. The van der Waals surface area contributed by atoms with Crippen LogP contribution in [0, 0.1) is 5.92 Å². The lowest BCUT2D eigenvalue weighted by Crippen LogP contribution is -2.23. The lowest BCUT2D eigenvalue weighted by Gasteiger charge is -2.17. The molecule has 1 amide bonds. The molecule has 30 heavy (non-hydrogen) atoms. The Labute approximate surface area is 183 Å². The number of aromatic nitrogens is 2. The average Bonchev–Trinajstić information content (AvgIpc) is 3.07. The summed E-state index contributed by atoms with van der Waals surface area (Å²) in [5.74, 6) is 1.26. The molecule has 1 aromatic carbocycles. The predicted octanol–water partition coefficient (Wildman–Crippen LogP) is 4.63. The molecule has 6 nitrogen and oxygen atoms in total. The molecule has 3 aromatic rings. The Morgan fingerprint density at radius 1 is 1.40 bits per heavy atom. The van der Waals surface area contributed by atoms with Gasteiger partial charge >= 0.3 is 0 Å². The van der Waals surface area contributed by atoms with Gasteiger partial charge < -0.3 is 15.0 Å². The van der Waals surface area contributed by atoms with E-state index in [0.717, 1.165) is 35.2 Å². The number of carbonyl (C=O) groups is 1. The fourth-order valence-corrected chi connectivity index (χ4v) is 5.89. The van der Waals surface area contributed by atoms with Crippen molar-refractivity contribution in [3.05, 3.63) is 45.1 Å². The van der Waals surface area contributed by atoms with Gasteiger partial charge in [-0.05, 0) is 68.9 Å². The van der Waals surface area contributed by atoms with Gasteiger partial charge in [0.1, 0.15) is 10.6 Å². The van der Waals surface area contributed by atoms with Gasteiger partial charge in [0.15, 0.2) is 5.16 Å². The number of benzene rings is 1. The molecule has 1 aliphatic carbocycles. The summed E-state index contributed by atoms with van der Waals surface area (Å²) in [6.45, 7) is 6.58. The Morgan fingerprint density at radius 2 is 2.17 bits per heavy atom. The minimum atomic E-state index is -0.410. The summed E-state index contributed by atoms with van der Waals surface area (Å²) < 4.78 is 5.42. The maximum Gasteiger partial charge on any atom is 0.260 e. The predicted molar refractivity (Wildman–Crippen MR) is 123 cm³/mol. The first-order valence-corrected chi connectivity index (χ1v) is 11.9. The molecular weight excluding hydrogens is 418 g/mol. The van der Waals surface area contributed by atoms with Gasteiger partial charge in [0.05, 0.1) is 17.2 Å². The van der Waals surface area contributed by atoms with Gasteiger partial charge in [-0.1, -0.05) is 18.7 Å². The van der Waals surface area contributed by atoms with Crippen LogP contribution >= 0.6 is 23.1 Å². The lowest BCUT2D eigenvalue weighted by molar-refractivity contribution is -0.115. The number of H-pyrrole nitrogens is 1. The van der Waals surface area contributed by atoms with Crippen LogP contribution in [0.5, 0.6) is 5.75 Å². The second-order valence-electron chi connectivity index (χ2n) is 7.61. The molecule has 2 unspecified atom stereocenters. The maximum atomic E-state index is 12.7. The average molecular weight is 444 g/mol. The van der Waals surface area contributed by atoms with Crippen LogP contribution in [0.4, 0.5) is 5.69 Å². The zero-order valence-corrected chi connectivity index (χ0v) is 18.9. The number of rotatable bonds is 6. The van der Waals surface area contributed by atoms with Crippen LogP contribution in [0.3, 0.4) is 0 Å². The number of nitrogens with one attached hydrogen (secondary N) is 2. The number of amides is 1. The third kappa shape index (κ3) is 4.39. The molecule has 1 aliphatic rings. The molecular formula is C22H25N3O3S2. The highest BCUT2D eigenvalue weighted by atomic mass is 32.2. The molecule has 2 heterocycles. The summed E-state index contributed by atoms with van der Waals surface area (Å²) >= 11 is 2.88. The second-order valence-corrected chi connectivity index (χ2v) is 10.0. The number of thioether (sulfide) groups is 1. The Morgan fingerprint density at radius 3 is 2.90 bits per heavy atom. The molecule has 4 rings (SSSR count). The standard InChI is InChI=1S/C22H25N3O3S2/c1-4-28-15-8-6-14(7-9-15)23-19(26)13(3)29-22-24-20(27)18-16-10-5-12(2)11-17(16)30-21(18)25-22/h6-9,12-13H,4-5,10-11H2,1-3H3,(H,23,26)(H,24,25,27). The van der Waals surface area contributed by atoms with E-state index in [2.05, 4.69) is 22.2 Å². The number of hydrogen-bond donors (Lipinski definition) is 2. The summed E-state index contributed by atoms with van der Waals surface area (Å²) in [7, 11) is 0. The largest absolute Gasteiger partial charge is 0.494 e. The van der Waals surface area contributed by atoms with E-state index in [9.17, 15) is 9.59 Å². The van der Waals surface area contributed by atoms with Crippen LogP contribution in [-0.2, 0) is 17.6 Å². The third-order valence-electron chi connectivity index (χ3n) is 5.23. The molecule has 0 radical (unpaired) electrons. The first-order chi connectivity index (χ1) is 14.4. The number of fused-ring (bicyclic) bond motifs is 3. The fraction of sp³-hybridized carbons (Fsp3) is 0.409. The molecule has 2 atom stereocenters. The van der Waals surface area contributed by atoms with Crippen molar-refractivity contribution in [3.63, 3.8) is 0 Å². The Balaban J connectivity index is 1.48. The van der Waals surface area contributed by atoms with Crippen LogP contribution in [0.15, 0.2) is 34.2 Å². The van der Waals surface area contributed by atoms with E-state index in [4.69, 9.17) is 4.74 Å². The monoisotopic (exact) mass is 443 g/mol.